The van der Waals surface area contributed by atoms with Gasteiger partial charge in [0.15, 0.2) is 11.5 Å². The van der Waals surface area contributed by atoms with Crippen LogP contribution >= 0.6 is 0 Å². The molecule has 3 rings (SSSR count). The van der Waals surface area contributed by atoms with E-state index in [1.165, 1.54) is 0 Å². The quantitative estimate of drug-likeness (QED) is 0.157. The zero-order valence-electron chi connectivity index (χ0n) is 32.0. The maximum absolute atomic E-state index is 14.0. The van der Waals surface area contributed by atoms with Gasteiger partial charge in [-0.05, 0) is 101 Å². The molecule has 4 atom stereocenters. The molecule has 1 heterocycles. The molecule has 1 aliphatic rings. The van der Waals surface area contributed by atoms with Crippen LogP contribution < -0.4 is 15.2 Å². The van der Waals surface area contributed by atoms with Crippen LogP contribution in [0.4, 0.5) is 4.79 Å². The summed E-state index contributed by atoms with van der Waals surface area (Å²) >= 11 is 0. The summed E-state index contributed by atoms with van der Waals surface area (Å²) in [5.41, 5.74) is 7.00. The average molecular weight is 685 g/mol. The average Bonchev–Trinajstić information content (AvgIpc) is 3.21. The fraction of sp³-hybridized carbons (Fsp3) is 0.675. The summed E-state index contributed by atoms with van der Waals surface area (Å²) in [5, 5.41) is 0. The molecule has 2 aromatic carbocycles. The fourth-order valence-corrected chi connectivity index (χ4v) is 6.64. The Morgan fingerprint density at radius 1 is 0.939 bits per heavy atom. The zero-order chi connectivity index (χ0) is 36.4. The van der Waals surface area contributed by atoms with E-state index in [1.807, 2.05) is 58.9 Å². The Hall–Kier alpha value is -2.85. The van der Waals surface area contributed by atoms with Crippen molar-refractivity contribution in [3.63, 3.8) is 0 Å². The zero-order valence-corrected chi connectivity index (χ0v) is 32.0. The van der Waals surface area contributed by atoms with Crippen molar-refractivity contribution in [2.45, 2.75) is 118 Å². The molecule has 0 spiro atoms. The van der Waals surface area contributed by atoms with Crippen LogP contribution in [0.1, 0.15) is 92.7 Å². The van der Waals surface area contributed by atoms with Crippen molar-refractivity contribution in [3.8, 4) is 11.5 Å². The van der Waals surface area contributed by atoms with E-state index in [2.05, 4.69) is 52.0 Å². The largest absolute Gasteiger partial charge is 0.493 e. The third-order valence-electron chi connectivity index (χ3n) is 9.43. The standard InChI is InChI=1S/C40H64N2O7/c1-28(2)32(22-31-18-19-34(45-11)35(23-31)47-21-15-20-44-10)25-40(41)36(48-39(8,9)42(40)37(43)49-38(5,6)7)24-33(29(3)4)27-46-26-30-16-13-12-14-17-30/h12-14,16-19,23,28-29,32-33,36H,15,20-22,24-27,41H2,1-11H3/t32-,33+,36+,40-/m0/s1. The highest BCUT2D eigenvalue weighted by atomic mass is 16.6. The van der Waals surface area contributed by atoms with Gasteiger partial charge in [-0.25, -0.2) is 4.79 Å². The van der Waals surface area contributed by atoms with E-state index in [0.29, 0.717) is 56.7 Å². The number of hydrogen-bond donors (Lipinski definition) is 1. The van der Waals surface area contributed by atoms with Crippen molar-refractivity contribution in [2.75, 3.05) is 34.0 Å². The molecule has 1 amide bonds. The first-order valence-electron chi connectivity index (χ1n) is 17.9. The maximum atomic E-state index is 14.0. The van der Waals surface area contributed by atoms with Crippen LogP contribution in [0.5, 0.6) is 11.5 Å². The van der Waals surface area contributed by atoms with Crippen molar-refractivity contribution in [2.24, 2.45) is 29.4 Å². The Kier molecular flexibility index (Phi) is 14.8. The molecule has 0 aromatic heterocycles. The van der Waals surface area contributed by atoms with Gasteiger partial charge in [0, 0.05) is 20.1 Å². The minimum absolute atomic E-state index is 0.108. The first-order valence-corrected chi connectivity index (χ1v) is 17.9. The van der Waals surface area contributed by atoms with Crippen LogP contribution in [-0.4, -0.2) is 68.1 Å². The molecule has 9 nitrogen and oxygen atoms in total. The lowest BCUT2D eigenvalue weighted by Gasteiger charge is -2.44. The molecule has 9 heteroatoms. The van der Waals surface area contributed by atoms with Crippen molar-refractivity contribution in [3.05, 3.63) is 59.7 Å². The molecular formula is C40H64N2O7. The van der Waals surface area contributed by atoms with Crippen molar-refractivity contribution < 1.29 is 33.2 Å². The molecule has 2 N–H and O–H groups in total. The van der Waals surface area contributed by atoms with Crippen LogP contribution in [0, 0.1) is 23.7 Å². The van der Waals surface area contributed by atoms with Crippen molar-refractivity contribution in [1.82, 2.24) is 4.90 Å². The number of benzene rings is 2. The molecule has 0 unspecified atom stereocenters. The predicted octanol–water partition coefficient (Wildman–Crippen LogP) is 8.22. The number of ether oxygens (including phenoxy) is 6. The van der Waals surface area contributed by atoms with Crippen LogP contribution in [0.15, 0.2) is 48.5 Å². The highest BCUT2D eigenvalue weighted by Gasteiger charge is 2.60. The first-order chi connectivity index (χ1) is 23.0. The van der Waals surface area contributed by atoms with E-state index in [9.17, 15) is 4.79 Å². The highest BCUT2D eigenvalue weighted by molar-refractivity contribution is 5.70. The number of amides is 1. The van der Waals surface area contributed by atoms with Gasteiger partial charge < -0.3 is 34.2 Å². The molecule has 276 valence electrons. The van der Waals surface area contributed by atoms with Crippen LogP contribution in [0.25, 0.3) is 0 Å². The molecule has 1 saturated heterocycles. The number of carbonyl (C=O) groups is 1. The summed E-state index contributed by atoms with van der Waals surface area (Å²) in [6.45, 7) is 20.5. The molecule has 0 bridgehead atoms. The molecule has 0 radical (unpaired) electrons. The molecule has 2 aromatic rings. The lowest BCUT2D eigenvalue weighted by Crippen LogP contribution is -2.65. The number of rotatable bonds is 18. The molecule has 49 heavy (non-hydrogen) atoms. The number of nitrogens with two attached hydrogens (primary N) is 1. The van der Waals surface area contributed by atoms with Gasteiger partial charge in [-0.1, -0.05) is 64.1 Å². The van der Waals surface area contributed by atoms with E-state index in [4.69, 9.17) is 34.2 Å². The lowest BCUT2D eigenvalue weighted by molar-refractivity contribution is -0.0860. The molecule has 0 aliphatic carbocycles. The molecule has 1 aliphatic heterocycles. The second-order valence-electron chi connectivity index (χ2n) is 15.7. The van der Waals surface area contributed by atoms with Crippen molar-refractivity contribution in [1.29, 1.82) is 0 Å². The summed E-state index contributed by atoms with van der Waals surface area (Å²) in [6.07, 6.45) is 1.75. The van der Waals surface area contributed by atoms with Gasteiger partial charge in [-0.15, -0.1) is 0 Å². The van der Waals surface area contributed by atoms with Gasteiger partial charge in [-0.3, -0.25) is 4.90 Å². The van der Waals surface area contributed by atoms with E-state index in [1.54, 1.807) is 19.1 Å². The molecular weight excluding hydrogens is 620 g/mol. The highest BCUT2D eigenvalue weighted by Crippen LogP contribution is 2.46. The van der Waals surface area contributed by atoms with E-state index in [-0.39, 0.29) is 17.8 Å². The topological polar surface area (TPSA) is 102 Å². The lowest BCUT2D eigenvalue weighted by atomic mass is 9.77. The van der Waals surface area contributed by atoms with Gasteiger partial charge in [-0.2, -0.15) is 0 Å². The Balaban J connectivity index is 1.94. The van der Waals surface area contributed by atoms with E-state index < -0.39 is 29.2 Å². The number of nitrogens with zero attached hydrogens (tertiary/aromatic N) is 1. The van der Waals surface area contributed by atoms with Gasteiger partial charge in [0.2, 0.25) is 0 Å². The monoisotopic (exact) mass is 684 g/mol. The second kappa shape index (κ2) is 17.9. The summed E-state index contributed by atoms with van der Waals surface area (Å²) in [6, 6.07) is 16.3. The Morgan fingerprint density at radius 2 is 1.61 bits per heavy atom. The molecule has 1 fully saturated rings. The first kappa shape index (κ1) is 40.6. The minimum Gasteiger partial charge on any atom is -0.493 e. The van der Waals surface area contributed by atoms with Crippen LogP contribution in [0.3, 0.4) is 0 Å². The van der Waals surface area contributed by atoms with Gasteiger partial charge in [0.05, 0.1) is 33.0 Å². The SMILES string of the molecule is COCCCOc1cc(C[C@@H](C[C@@]2(N)[C@@H](C[C@H](COCc3ccccc3)C(C)C)OC(C)(C)N2C(=O)OC(C)(C)C)C(C)C)ccc1OC. The Bertz CT molecular complexity index is 1290. The normalized spacial score (nSPS) is 20.4. The Labute approximate surface area is 296 Å². The summed E-state index contributed by atoms with van der Waals surface area (Å²) in [7, 11) is 3.34. The van der Waals surface area contributed by atoms with Gasteiger partial charge in [0.25, 0.3) is 0 Å². The third kappa shape index (κ3) is 11.6. The van der Waals surface area contributed by atoms with Gasteiger partial charge in [0.1, 0.15) is 17.0 Å². The van der Waals surface area contributed by atoms with Crippen LogP contribution in [-0.2, 0) is 32.0 Å². The predicted molar refractivity (Wildman–Crippen MR) is 195 cm³/mol. The fourth-order valence-electron chi connectivity index (χ4n) is 6.64. The summed E-state index contributed by atoms with van der Waals surface area (Å²) < 4.78 is 35.9. The third-order valence-corrected chi connectivity index (χ3v) is 9.43. The summed E-state index contributed by atoms with van der Waals surface area (Å²) in [5.74, 6) is 2.22. The summed E-state index contributed by atoms with van der Waals surface area (Å²) in [4.78, 5) is 15.7. The van der Waals surface area contributed by atoms with Crippen LogP contribution in [0.2, 0.25) is 0 Å². The second-order valence-corrected chi connectivity index (χ2v) is 15.7. The minimum atomic E-state index is -1.14. The number of hydrogen-bond acceptors (Lipinski definition) is 8. The van der Waals surface area contributed by atoms with E-state index >= 15 is 0 Å². The number of carbonyl (C=O) groups excluding carboxylic acids is 1. The number of methoxy groups -OCH3 is 2. The Morgan fingerprint density at radius 3 is 2.20 bits per heavy atom. The van der Waals surface area contributed by atoms with Crippen molar-refractivity contribution >= 4 is 6.09 Å². The molecule has 0 saturated carbocycles. The van der Waals surface area contributed by atoms with Gasteiger partial charge >= 0.3 is 6.09 Å². The smallest absolute Gasteiger partial charge is 0.414 e. The van der Waals surface area contributed by atoms with E-state index in [0.717, 1.165) is 24.0 Å². The maximum Gasteiger partial charge on any atom is 0.414 e.